The van der Waals surface area contributed by atoms with Crippen LogP contribution in [0.5, 0.6) is 0 Å². The summed E-state index contributed by atoms with van der Waals surface area (Å²) in [5.74, 6) is 0.294. The first kappa shape index (κ1) is 11.6. The molecule has 1 amide bonds. The van der Waals surface area contributed by atoms with Gasteiger partial charge in [0.1, 0.15) is 0 Å². The highest BCUT2D eigenvalue weighted by molar-refractivity contribution is 7.09. The molecule has 0 bridgehead atoms. The van der Waals surface area contributed by atoms with Gasteiger partial charge in [0.05, 0.1) is 0 Å². The predicted molar refractivity (Wildman–Crippen MR) is 66.7 cm³/mol. The lowest BCUT2D eigenvalue weighted by atomic mass is 10.1. The lowest BCUT2D eigenvalue weighted by Crippen LogP contribution is -2.52. The molecule has 3 nitrogen and oxygen atoms in total. The number of aryl methyl sites for hydroxylation is 1. The van der Waals surface area contributed by atoms with Crippen molar-refractivity contribution in [2.24, 2.45) is 0 Å². The van der Waals surface area contributed by atoms with E-state index < -0.39 is 0 Å². The van der Waals surface area contributed by atoms with Gasteiger partial charge in [-0.1, -0.05) is 6.07 Å². The Morgan fingerprint density at radius 1 is 1.69 bits per heavy atom. The van der Waals surface area contributed by atoms with Crippen LogP contribution in [0.3, 0.4) is 0 Å². The van der Waals surface area contributed by atoms with Crippen LogP contribution in [0.1, 0.15) is 18.2 Å². The normalized spacial score (nSPS) is 21.1. The van der Waals surface area contributed by atoms with E-state index in [0.717, 1.165) is 26.1 Å². The topological polar surface area (TPSA) is 32.3 Å². The van der Waals surface area contributed by atoms with E-state index in [1.54, 1.807) is 11.3 Å². The van der Waals surface area contributed by atoms with Gasteiger partial charge < -0.3 is 10.2 Å². The van der Waals surface area contributed by atoms with Crippen molar-refractivity contribution in [1.82, 2.24) is 10.2 Å². The molecular weight excluding hydrogens is 220 g/mol. The maximum atomic E-state index is 12.0. The number of rotatable bonds is 3. The van der Waals surface area contributed by atoms with E-state index in [1.807, 2.05) is 11.0 Å². The Kier molecular flexibility index (Phi) is 3.96. The summed E-state index contributed by atoms with van der Waals surface area (Å²) in [5.41, 5.74) is 0. The minimum atomic E-state index is 0.294. The van der Waals surface area contributed by atoms with Crippen LogP contribution >= 0.6 is 11.3 Å². The fourth-order valence-electron chi connectivity index (χ4n) is 2.04. The third-order valence-electron chi connectivity index (χ3n) is 2.99. The molecule has 1 atom stereocenters. The molecule has 0 saturated carbocycles. The molecule has 2 heterocycles. The van der Waals surface area contributed by atoms with Gasteiger partial charge in [-0.25, -0.2) is 0 Å². The zero-order valence-corrected chi connectivity index (χ0v) is 10.4. The second-order valence-corrected chi connectivity index (χ2v) is 5.25. The minimum Gasteiger partial charge on any atom is -0.337 e. The number of nitrogens with one attached hydrogen (secondary N) is 1. The first-order valence-electron chi connectivity index (χ1n) is 5.80. The molecule has 1 aromatic rings. The van der Waals surface area contributed by atoms with Gasteiger partial charge >= 0.3 is 0 Å². The number of thiophene rings is 1. The molecule has 1 N–H and O–H groups in total. The highest BCUT2D eigenvalue weighted by atomic mass is 32.1. The highest BCUT2D eigenvalue weighted by Crippen LogP contribution is 2.13. The first-order chi connectivity index (χ1) is 7.77. The minimum absolute atomic E-state index is 0.294. The van der Waals surface area contributed by atoms with E-state index in [1.165, 1.54) is 4.88 Å². The quantitative estimate of drug-likeness (QED) is 0.865. The molecule has 0 aromatic carbocycles. The monoisotopic (exact) mass is 238 g/mol. The zero-order valence-electron chi connectivity index (χ0n) is 9.61. The van der Waals surface area contributed by atoms with Crippen molar-refractivity contribution < 1.29 is 4.79 Å². The van der Waals surface area contributed by atoms with Crippen molar-refractivity contribution in [2.45, 2.75) is 25.8 Å². The van der Waals surface area contributed by atoms with Crippen LogP contribution in [0, 0.1) is 0 Å². The Balaban J connectivity index is 1.83. The Labute approximate surface area is 100 Å². The van der Waals surface area contributed by atoms with Crippen molar-refractivity contribution in [3.63, 3.8) is 0 Å². The Morgan fingerprint density at radius 2 is 2.56 bits per heavy atom. The fraction of sp³-hybridized carbons (Fsp3) is 0.583. The van der Waals surface area contributed by atoms with Gasteiger partial charge in [0.2, 0.25) is 5.91 Å². The fourth-order valence-corrected chi connectivity index (χ4v) is 2.75. The molecule has 1 aliphatic rings. The lowest BCUT2D eigenvalue weighted by molar-refractivity contribution is -0.133. The molecular formula is C12H18N2OS. The Morgan fingerprint density at radius 3 is 3.25 bits per heavy atom. The molecule has 4 heteroatoms. The molecule has 0 spiro atoms. The van der Waals surface area contributed by atoms with Crippen LogP contribution in [-0.2, 0) is 11.2 Å². The Hall–Kier alpha value is -0.870. The largest absolute Gasteiger partial charge is 0.337 e. The zero-order chi connectivity index (χ0) is 11.4. The average Bonchev–Trinajstić information content (AvgIpc) is 2.79. The molecule has 0 unspecified atom stereocenters. The van der Waals surface area contributed by atoms with Gasteiger partial charge in [0, 0.05) is 37.0 Å². The van der Waals surface area contributed by atoms with Gasteiger partial charge in [-0.15, -0.1) is 11.3 Å². The van der Waals surface area contributed by atoms with Crippen LogP contribution in [0.15, 0.2) is 17.5 Å². The van der Waals surface area contributed by atoms with Gasteiger partial charge in [0.25, 0.3) is 0 Å². The van der Waals surface area contributed by atoms with Gasteiger partial charge in [-0.05, 0) is 24.8 Å². The molecule has 1 fully saturated rings. The lowest BCUT2D eigenvalue weighted by Gasteiger charge is -2.34. The van der Waals surface area contributed by atoms with E-state index in [-0.39, 0.29) is 0 Å². The van der Waals surface area contributed by atoms with Crippen molar-refractivity contribution in [3.05, 3.63) is 22.4 Å². The molecule has 1 aliphatic heterocycles. The van der Waals surface area contributed by atoms with Crippen molar-refractivity contribution in [1.29, 1.82) is 0 Å². The van der Waals surface area contributed by atoms with E-state index in [9.17, 15) is 4.79 Å². The molecule has 16 heavy (non-hydrogen) atoms. The van der Waals surface area contributed by atoms with Crippen molar-refractivity contribution >= 4 is 17.2 Å². The van der Waals surface area contributed by atoms with Crippen LogP contribution in [0.25, 0.3) is 0 Å². The second kappa shape index (κ2) is 5.46. The van der Waals surface area contributed by atoms with Crippen molar-refractivity contribution in [2.75, 3.05) is 19.6 Å². The summed E-state index contributed by atoms with van der Waals surface area (Å²) >= 11 is 1.73. The number of hydrogen-bond donors (Lipinski definition) is 1. The smallest absolute Gasteiger partial charge is 0.223 e. The number of carbonyl (C=O) groups is 1. The SMILES string of the molecule is C[C@H]1CNCCN1C(=O)CCc1cccs1. The maximum Gasteiger partial charge on any atom is 0.223 e. The van der Waals surface area contributed by atoms with Crippen LogP contribution < -0.4 is 5.32 Å². The molecule has 88 valence electrons. The van der Waals surface area contributed by atoms with Crippen LogP contribution in [0.4, 0.5) is 0 Å². The summed E-state index contributed by atoms with van der Waals surface area (Å²) in [6.45, 7) is 4.81. The molecule has 2 rings (SSSR count). The third-order valence-corrected chi connectivity index (χ3v) is 3.92. The second-order valence-electron chi connectivity index (χ2n) is 4.22. The van der Waals surface area contributed by atoms with Gasteiger partial charge in [0.15, 0.2) is 0 Å². The van der Waals surface area contributed by atoms with Crippen LogP contribution in [-0.4, -0.2) is 36.5 Å². The summed E-state index contributed by atoms with van der Waals surface area (Å²) in [5, 5.41) is 5.36. The molecule has 1 aromatic heterocycles. The predicted octanol–water partition coefficient (Wildman–Crippen LogP) is 1.50. The van der Waals surface area contributed by atoms with Crippen molar-refractivity contribution in [3.8, 4) is 0 Å². The van der Waals surface area contributed by atoms with E-state index in [4.69, 9.17) is 0 Å². The number of piperazine rings is 1. The molecule has 0 radical (unpaired) electrons. The number of carbonyl (C=O) groups excluding carboxylic acids is 1. The summed E-state index contributed by atoms with van der Waals surface area (Å²) < 4.78 is 0. The average molecular weight is 238 g/mol. The number of hydrogen-bond acceptors (Lipinski definition) is 3. The maximum absolute atomic E-state index is 12.0. The summed E-state index contributed by atoms with van der Waals surface area (Å²) in [6.07, 6.45) is 1.53. The third kappa shape index (κ3) is 2.83. The van der Waals surface area contributed by atoms with E-state index >= 15 is 0 Å². The summed E-state index contributed by atoms with van der Waals surface area (Å²) in [4.78, 5) is 15.3. The van der Waals surface area contributed by atoms with E-state index in [2.05, 4.69) is 23.7 Å². The summed E-state index contributed by atoms with van der Waals surface area (Å²) in [7, 11) is 0. The standard InChI is InChI=1S/C12H18N2OS/c1-10-9-13-6-7-14(10)12(15)5-4-11-3-2-8-16-11/h2-3,8,10,13H,4-7,9H2,1H3/t10-/m0/s1. The van der Waals surface area contributed by atoms with Crippen LogP contribution in [0.2, 0.25) is 0 Å². The number of nitrogens with zero attached hydrogens (tertiary/aromatic N) is 1. The van der Waals surface area contributed by atoms with Gasteiger partial charge in [-0.3, -0.25) is 4.79 Å². The number of amides is 1. The molecule has 1 saturated heterocycles. The highest BCUT2D eigenvalue weighted by Gasteiger charge is 2.22. The van der Waals surface area contributed by atoms with E-state index in [0.29, 0.717) is 18.4 Å². The first-order valence-corrected chi connectivity index (χ1v) is 6.68. The summed E-state index contributed by atoms with van der Waals surface area (Å²) in [6, 6.07) is 4.47. The van der Waals surface area contributed by atoms with Gasteiger partial charge in [-0.2, -0.15) is 0 Å². The molecule has 0 aliphatic carbocycles. The Bertz CT molecular complexity index is 337.